The minimum atomic E-state index is 0.571. The van der Waals surface area contributed by atoms with Crippen LogP contribution < -0.4 is 0 Å². The molecule has 10 aromatic rings. The van der Waals surface area contributed by atoms with Gasteiger partial charge in [0.05, 0.1) is 33.1 Å². The van der Waals surface area contributed by atoms with E-state index in [4.69, 9.17) is 14.4 Å². The summed E-state index contributed by atoms with van der Waals surface area (Å²) in [6, 6.07) is 50.7. The molecule has 4 heterocycles. The molecule has 0 spiro atoms. The zero-order valence-corrected chi connectivity index (χ0v) is 24.1. The third kappa shape index (κ3) is 3.38. The van der Waals surface area contributed by atoms with Crippen LogP contribution in [0.25, 0.3) is 88.6 Å². The van der Waals surface area contributed by atoms with E-state index in [0.717, 1.165) is 66.1 Å². The fourth-order valence-electron chi connectivity index (χ4n) is 7.07. The van der Waals surface area contributed by atoms with E-state index in [-0.39, 0.29) is 0 Å². The highest BCUT2D eigenvalue weighted by molar-refractivity contribution is 6.23. The molecule has 45 heavy (non-hydrogen) atoms. The van der Waals surface area contributed by atoms with Gasteiger partial charge in [-0.3, -0.25) is 4.57 Å². The van der Waals surface area contributed by atoms with Crippen molar-refractivity contribution in [1.82, 2.24) is 19.1 Å². The summed E-state index contributed by atoms with van der Waals surface area (Å²) in [5.74, 6) is 0.573. The number of nitrogens with zero attached hydrogens (tertiary/aromatic N) is 4. The minimum Gasteiger partial charge on any atom is -0.437 e. The van der Waals surface area contributed by atoms with Crippen molar-refractivity contribution in [2.24, 2.45) is 0 Å². The average Bonchev–Trinajstić information content (AvgIpc) is 3.76. The number of benzene rings is 6. The Hall–Kier alpha value is -6.20. The van der Waals surface area contributed by atoms with Gasteiger partial charge in [0.25, 0.3) is 0 Å². The first kappa shape index (κ1) is 24.3. The van der Waals surface area contributed by atoms with Crippen molar-refractivity contribution in [2.45, 2.75) is 0 Å². The molecule has 0 saturated heterocycles. The van der Waals surface area contributed by atoms with Crippen LogP contribution in [0.3, 0.4) is 0 Å². The number of para-hydroxylation sites is 4. The van der Waals surface area contributed by atoms with E-state index in [1.165, 1.54) is 10.8 Å². The van der Waals surface area contributed by atoms with Gasteiger partial charge in [0, 0.05) is 38.2 Å². The Labute approximate surface area is 257 Å². The average molecular weight is 577 g/mol. The normalized spacial score (nSPS) is 12.0. The number of rotatable bonds is 3. The smallest absolute Gasteiger partial charge is 0.238 e. The van der Waals surface area contributed by atoms with E-state index in [2.05, 4.69) is 118 Å². The van der Waals surface area contributed by atoms with Gasteiger partial charge >= 0.3 is 0 Å². The Kier molecular flexibility index (Phi) is 4.93. The van der Waals surface area contributed by atoms with Gasteiger partial charge in [-0.1, -0.05) is 115 Å². The second kappa shape index (κ2) is 9.15. The van der Waals surface area contributed by atoms with Crippen LogP contribution in [0.1, 0.15) is 0 Å². The molecular formula is C40H24N4O. The molecule has 5 heteroatoms. The SMILES string of the molecule is c1ccc(-c2nc(-n3c4ccccc4c4ccc5c6ccccc6n(-c6ccccc6)c5c43)nc3oc4ccccc4c23)cc1. The van der Waals surface area contributed by atoms with Gasteiger partial charge in [-0.25, -0.2) is 4.98 Å². The zero-order chi connectivity index (χ0) is 29.5. The molecule has 0 unspecified atom stereocenters. The highest BCUT2D eigenvalue weighted by Crippen LogP contribution is 2.42. The summed E-state index contributed by atoms with van der Waals surface area (Å²) in [6.07, 6.45) is 0. The van der Waals surface area contributed by atoms with Crippen LogP contribution in [0.15, 0.2) is 150 Å². The van der Waals surface area contributed by atoms with E-state index in [0.29, 0.717) is 11.7 Å². The topological polar surface area (TPSA) is 48.8 Å². The minimum absolute atomic E-state index is 0.571. The lowest BCUT2D eigenvalue weighted by atomic mass is 10.1. The predicted molar refractivity (Wildman–Crippen MR) is 183 cm³/mol. The van der Waals surface area contributed by atoms with E-state index < -0.39 is 0 Å². The molecule has 0 fully saturated rings. The Morgan fingerprint density at radius 3 is 1.71 bits per heavy atom. The lowest BCUT2D eigenvalue weighted by Crippen LogP contribution is -2.04. The molecule has 5 nitrogen and oxygen atoms in total. The first-order valence-electron chi connectivity index (χ1n) is 15.1. The molecule has 6 aromatic carbocycles. The largest absolute Gasteiger partial charge is 0.437 e. The molecule has 0 atom stereocenters. The monoisotopic (exact) mass is 576 g/mol. The van der Waals surface area contributed by atoms with Crippen molar-refractivity contribution in [3.63, 3.8) is 0 Å². The molecule has 0 N–H and O–H groups in total. The highest BCUT2D eigenvalue weighted by atomic mass is 16.3. The molecule has 0 bridgehead atoms. The van der Waals surface area contributed by atoms with Gasteiger partial charge in [0.1, 0.15) is 5.58 Å². The van der Waals surface area contributed by atoms with Crippen LogP contribution in [0.4, 0.5) is 0 Å². The molecule has 0 aliphatic carbocycles. The predicted octanol–water partition coefficient (Wildman–Crippen LogP) is 10.2. The molecular weight excluding hydrogens is 552 g/mol. The lowest BCUT2D eigenvalue weighted by molar-refractivity contribution is 0.651. The summed E-state index contributed by atoms with van der Waals surface area (Å²) in [6.45, 7) is 0. The van der Waals surface area contributed by atoms with Crippen LogP contribution in [-0.4, -0.2) is 19.1 Å². The van der Waals surface area contributed by atoms with Gasteiger partial charge in [-0.15, -0.1) is 0 Å². The maximum Gasteiger partial charge on any atom is 0.238 e. The van der Waals surface area contributed by atoms with E-state index in [9.17, 15) is 0 Å². The summed E-state index contributed by atoms with van der Waals surface area (Å²) in [4.78, 5) is 10.6. The molecule has 10 rings (SSSR count). The maximum atomic E-state index is 6.44. The van der Waals surface area contributed by atoms with Crippen molar-refractivity contribution in [3.05, 3.63) is 146 Å². The molecule has 0 amide bonds. The Morgan fingerprint density at radius 2 is 1.00 bits per heavy atom. The van der Waals surface area contributed by atoms with Crippen LogP contribution in [-0.2, 0) is 0 Å². The van der Waals surface area contributed by atoms with E-state index >= 15 is 0 Å². The third-order valence-electron chi connectivity index (χ3n) is 8.96. The molecule has 0 aliphatic rings. The van der Waals surface area contributed by atoms with Crippen LogP contribution in [0.2, 0.25) is 0 Å². The summed E-state index contributed by atoms with van der Waals surface area (Å²) in [5.41, 5.74) is 8.71. The number of hydrogen-bond donors (Lipinski definition) is 0. The Bertz CT molecular complexity index is 2750. The molecule has 0 saturated carbocycles. The first-order chi connectivity index (χ1) is 22.3. The fourth-order valence-corrected chi connectivity index (χ4v) is 7.07. The maximum absolute atomic E-state index is 6.44. The van der Waals surface area contributed by atoms with Crippen molar-refractivity contribution in [2.75, 3.05) is 0 Å². The number of hydrogen-bond acceptors (Lipinski definition) is 3. The van der Waals surface area contributed by atoms with Crippen LogP contribution >= 0.6 is 0 Å². The highest BCUT2D eigenvalue weighted by Gasteiger charge is 2.24. The van der Waals surface area contributed by atoms with Gasteiger partial charge in [-0.2, -0.15) is 4.98 Å². The summed E-state index contributed by atoms with van der Waals surface area (Å²) in [5, 5.41) is 6.60. The second-order valence-corrected chi connectivity index (χ2v) is 11.4. The number of furan rings is 1. The van der Waals surface area contributed by atoms with E-state index in [1.54, 1.807) is 0 Å². The fraction of sp³-hybridized carbons (Fsp3) is 0. The third-order valence-corrected chi connectivity index (χ3v) is 8.96. The molecule has 4 aromatic heterocycles. The molecule has 210 valence electrons. The quantitative estimate of drug-likeness (QED) is 0.210. The summed E-state index contributed by atoms with van der Waals surface area (Å²) >= 11 is 0. The van der Waals surface area contributed by atoms with Gasteiger partial charge in [0.15, 0.2) is 0 Å². The van der Waals surface area contributed by atoms with Crippen molar-refractivity contribution in [1.29, 1.82) is 0 Å². The van der Waals surface area contributed by atoms with Gasteiger partial charge in [-0.05, 0) is 30.3 Å². The van der Waals surface area contributed by atoms with Crippen molar-refractivity contribution in [3.8, 4) is 22.9 Å². The number of fused-ring (bicyclic) bond motifs is 10. The lowest BCUT2D eigenvalue weighted by Gasteiger charge is -2.12. The Balaban J connectivity index is 1.43. The van der Waals surface area contributed by atoms with Crippen LogP contribution in [0.5, 0.6) is 0 Å². The Morgan fingerprint density at radius 1 is 0.444 bits per heavy atom. The standard InChI is InChI=1S/C40H24N4O/c1-3-13-25(14-4-1)36-35-31-19-9-12-22-34(31)45-39(35)42-40(41-36)44-33-21-11-8-18-28(33)30-24-23-29-27-17-7-10-20-32(27)43(37(29)38(30)44)26-15-5-2-6-16-26/h1-24H. The second-order valence-electron chi connectivity index (χ2n) is 11.4. The van der Waals surface area contributed by atoms with Gasteiger partial charge < -0.3 is 8.98 Å². The zero-order valence-electron chi connectivity index (χ0n) is 24.1. The van der Waals surface area contributed by atoms with Crippen molar-refractivity contribution < 1.29 is 4.42 Å². The molecule has 0 radical (unpaired) electrons. The van der Waals surface area contributed by atoms with E-state index in [1.807, 2.05) is 36.4 Å². The van der Waals surface area contributed by atoms with Crippen LogP contribution in [0, 0.1) is 0 Å². The summed E-state index contributed by atoms with van der Waals surface area (Å²) < 4.78 is 11.0. The molecule has 0 aliphatic heterocycles. The number of aromatic nitrogens is 4. The summed E-state index contributed by atoms with van der Waals surface area (Å²) in [7, 11) is 0. The van der Waals surface area contributed by atoms with Gasteiger partial charge in [0.2, 0.25) is 11.7 Å². The first-order valence-corrected chi connectivity index (χ1v) is 15.1. The van der Waals surface area contributed by atoms with Crippen molar-refractivity contribution >= 4 is 65.7 Å².